The number of nitrogens with zero attached hydrogens (tertiary/aromatic N) is 1. The maximum Gasteiger partial charge on any atom is 0.262 e. The van der Waals surface area contributed by atoms with Crippen molar-refractivity contribution in [1.29, 1.82) is 0 Å². The second kappa shape index (κ2) is 11.7. The summed E-state index contributed by atoms with van der Waals surface area (Å²) in [5.41, 5.74) is 4.65. The average Bonchev–Trinajstić information content (AvgIpc) is 2.84. The van der Waals surface area contributed by atoms with E-state index >= 15 is 0 Å². The molecule has 0 radical (unpaired) electrons. The fourth-order valence-corrected chi connectivity index (χ4v) is 2.88. The van der Waals surface area contributed by atoms with Gasteiger partial charge in [-0.3, -0.25) is 9.59 Å². The van der Waals surface area contributed by atoms with Crippen molar-refractivity contribution in [1.82, 2.24) is 10.7 Å². The van der Waals surface area contributed by atoms with E-state index in [1.165, 1.54) is 6.21 Å². The Balaban J connectivity index is 1.44. The Kier molecular flexibility index (Phi) is 8.43. The summed E-state index contributed by atoms with van der Waals surface area (Å²) in [4.78, 5) is 24.5. The smallest absolute Gasteiger partial charge is 0.262 e. The van der Waals surface area contributed by atoms with Gasteiger partial charge in [0.15, 0.2) is 0 Å². The minimum Gasteiger partial charge on any atom is -0.497 e. The van der Waals surface area contributed by atoms with E-state index in [9.17, 15) is 9.59 Å². The zero-order valence-corrected chi connectivity index (χ0v) is 19.0. The number of rotatable bonds is 9. The van der Waals surface area contributed by atoms with Gasteiger partial charge in [0.05, 0.1) is 13.3 Å². The van der Waals surface area contributed by atoms with Gasteiger partial charge < -0.3 is 14.8 Å². The van der Waals surface area contributed by atoms with Crippen LogP contribution in [-0.2, 0) is 11.4 Å². The van der Waals surface area contributed by atoms with E-state index in [4.69, 9.17) is 21.1 Å². The van der Waals surface area contributed by atoms with Crippen LogP contribution in [0.2, 0.25) is 5.02 Å². The second-order valence-electron chi connectivity index (χ2n) is 7.14. The molecule has 0 fully saturated rings. The summed E-state index contributed by atoms with van der Waals surface area (Å²) in [6, 6.07) is 20.6. The summed E-state index contributed by atoms with van der Waals surface area (Å²) in [7, 11) is 1.55. The van der Waals surface area contributed by atoms with E-state index in [0.29, 0.717) is 28.7 Å². The number of halogens is 1. The Labute approximate surface area is 197 Å². The lowest BCUT2D eigenvalue weighted by Crippen LogP contribution is -2.43. The van der Waals surface area contributed by atoms with Crippen molar-refractivity contribution < 1.29 is 19.1 Å². The topological polar surface area (TPSA) is 89.0 Å². The highest BCUT2D eigenvalue weighted by Crippen LogP contribution is 2.15. The first-order chi connectivity index (χ1) is 15.9. The Bertz CT molecular complexity index is 1100. The molecule has 7 nitrogen and oxygen atoms in total. The molecule has 0 saturated heterocycles. The van der Waals surface area contributed by atoms with E-state index in [1.807, 2.05) is 48.5 Å². The van der Waals surface area contributed by atoms with E-state index in [0.717, 1.165) is 11.1 Å². The zero-order valence-electron chi connectivity index (χ0n) is 18.2. The van der Waals surface area contributed by atoms with Gasteiger partial charge >= 0.3 is 0 Å². The molecule has 8 heteroatoms. The molecule has 1 unspecified atom stereocenters. The summed E-state index contributed by atoms with van der Waals surface area (Å²) in [6.07, 6.45) is 1.51. The van der Waals surface area contributed by atoms with E-state index < -0.39 is 11.9 Å². The molecular formula is C25H24ClN3O4. The van der Waals surface area contributed by atoms with Gasteiger partial charge in [-0.1, -0.05) is 23.7 Å². The largest absolute Gasteiger partial charge is 0.497 e. The molecule has 2 amide bonds. The standard InChI is InChI=1S/C25H24ClN3O4/c1-17(28-25(31)20-7-13-22(32-2)14-8-20)24(30)29-27-15-18-5-11-23(12-6-18)33-16-19-3-9-21(26)10-4-19/h3-15,17H,16H2,1-2H3,(H,28,31)(H,29,30). The Morgan fingerprint density at radius 2 is 1.61 bits per heavy atom. The Morgan fingerprint density at radius 1 is 0.970 bits per heavy atom. The first kappa shape index (κ1) is 23.8. The minimum atomic E-state index is -0.764. The van der Waals surface area contributed by atoms with E-state index in [1.54, 1.807) is 38.3 Å². The van der Waals surface area contributed by atoms with Crippen molar-refractivity contribution >= 4 is 29.6 Å². The maximum atomic E-state index is 12.3. The number of methoxy groups -OCH3 is 1. The van der Waals surface area contributed by atoms with Gasteiger partial charge in [-0.05, 0) is 78.7 Å². The molecule has 1 atom stereocenters. The van der Waals surface area contributed by atoms with Gasteiger partial charge in [0, 0.05) is 10.6 Å². The number of hydrogen-bond acceptors (Lipinski definition) is 5. The fraction of sp³-hybridized carbons (Fsp3) is 0.160. The third-order valence-electron chi connectivity index (χ3n) is 4.68. The molecule has 2 N–H and O–H groups in total. The highest BCUT2D eigenvalue weighted by Gasteiger charge is 2.16. The van der Waals surface area contributed by atoms with Gasteiger partial charge in [0.25, 0.3) is 11.8 Å². The molecule has 0 saturated carbocycles. The Morgan fingerprint density at radius 3 is 2.24 bits per heavy atom. The number of hydrogen-bond donors (Lipinski definition) is 2. The number of amides is 2. The molecular weight excluding hydrogens is 442 g/mol. The predicted octanol–water partition coefficient (Wildman–Crippen LogP) is 4.20. The van der Waals surface area contributed by atoms with Crippen molar-refractivity contribution in [3.8, 4) is 11.5 Å². The minimum absolute atomic E-state index is 0.363. The summed E-state index contributed by atoms with van der Waals surface area (Å²) in [5.74, 6) is 0.559. The van der Waals surface area contributed by atoms with Gasteiger partial charge in [0.2, 0.25) is 0 Å². The predicted molar refractivity (Wildman–Crippen MR) is 128 cm³/mol. The molecule has 3 rings (SSSR count). The SMILES string of the molecule is COc1ccc(C(=O)NC(C)C(=O)NN=Cc2ccc(OCc3ccc(Cl)cc3)cc2)cc1. The summed E-state index contributed by atoms with van der Waals surface area (Å²) < 4.78 is 10.8. The summed E-state index contributed by atoms with van der Waals surface area (Å²) in [5, 5.41) is 7.27. The van der Waals surface area contributed by atoms with E-state index in [-0.39, 0.29) is 5.91 Å². The molecule has 0 bridgehead atoms. The average molecular weight is 466 g/mol. The molecule has 3 aromatic carbocycles. The highest BCUT2D eigenvalue weighted by molar-refractivity contribution is 6.30. The van der Waals surface area contributed by atoms with Crippen LogP contribution in [0.4, 0.5) is 0 Å². The number of ether oxygens (including phenoxy) is 2. The molecule has 0 heterocycles. The van der Waals surface area contributed by atoms with Gasteiger partial charge in [-0.15, -0.1) is 0 Å². The quantitative estimate of drug-likeness (QED) is 0.366. The third kappa shape index (κ3) is 7.36. The van der Waals surface area contributed by atoms with Crippen LogP contribution < -0.4 is 20.2 Å². The third-order valence-corrected chi connectivity index (χ3v) is 4.93. The van der Waals surface area contributed by atoms with Crippen molar-refractivity contribution in [3.05, 3.63) is 94.5 Å². The van der Waals surface area contributed by atoms with Gasteiger partial charge in [-0.25, -0.2) is 5.43 Å². The number of benzene rings is 3. The molecule has 3 aromatic rings. The molecule has 33 heavy (non-hydrogen) atoms. The zero-order chi connectivity index (χ0) is 23.6. The number of hydrazone groups is 1. The molecule has 0 spiro atoms. The van der Waals surface area contributed by atoms with Crippen molar-refractivity contribution in [2.45, 2.75) is 19.6 Å². The van der Waals surface area contributed by atoms with Crippen LogP contribution in [0.25, 0.3) is 0 Å². The number of carbonyl (C=O) groups is 2. The molecule has 0 aromatic heterocycles. The molecule has 0 aliphatic carbocycles. The highest BCUT2D eigenvalue weighted by atomic mass is 35.5. The summed E-state index contributed by atoms with van der Waals surface area (Å²) in [6.45, 7) is 2.01. The van der Waals surface area contributed by atoms with Crippen molar-refractivity contribution in [2.24, 2.45) is 5.10 Å². The van der Waals surface area contributed by atoms with Crippen molar-refractivity contribution in [2.75, 3.05) is 7.11 Å². The first-order valence-electron chi connectivity index (χ1n) is 10.2. The number of carbonyl (C=O) groups excluding carboxylic acids is 2. The fourth-order valence-electron chi connectivity index (χ4n) is 2.75. The van der Waals surface area contributed by atoms with Crippen LogP contribution in [0.5, 0.6) is 11.5 Å². The lowest BCUT2D eigenvalue weighted by Gasteiger charge is -2.12. The lowest BCUT2D eigenvalue weighted by molar-refractivity contribution is -0.122. The molecule has 0 aliphatic rings. The Hall–Kier alpha value is -3.84. The maximum absolute atomic E-state index is 12.3. The van der Waals surface area contributed by atoms with Gasteiger partial charge in [-0.2, -0.15) is 5.10 Å². The van der Waals surface area contributed by atoms with Gasteiger partial charge in [0.1, 0.15) is 24.1 Å². The summed E-state index contributed by atoms with van der Waals surface area (Å²) >= 11 is 5.88. The van der Waals surface area contributed by atoms with Crippen LogP contribution >= 0.6 is 11.6 Å². The molecule has 170 valence electrons. The first-order valence-corrected chi connectivity index (χ1v) is 10.6. The monoisotopic (exact) mass is 465 g/mol. The van der Waals surface area contributed by atoms with Crippen LogP contribution in [-0.4, -0.2) is 31.2 Å². The van der Waals surface area contributed by atoms with Crippen LogP contribution in [0.3, 0.4) is 0 Å². The normalized spacial score (nSPS) is 11.6. The van der Waals surface area contributed by atoms with Crippen LogP contribution in [0.1, 0.15) is 28.4 Å². The number of nitrogens with one attached hydrogen (secondary N) is 2. The lowest BCUT2D eigenvalue weighted by atomic mass is 10.2. The van der Waals surface area contributed by atoms with Crippen molar-refractivity contribution in [3.63, 3.8) is 0 Å². The molecule has 0 aliphatic heterocycles. The van der Waals surface area contributed by atoms with Crippen LogP contribution in [0.15, 0.2) is 77.9 Å². The van der Waals surface area contributed by atoms with Crippen LogP contribution in [0, 0.1) is 0 Å². The van der Waals surface area contributed by atoms with E-state index in [2.05, 4.69) is 15.8 Å². The second-order valence-corrected chi connectivity index (χ2v) is 7.58.